The number of likely N-dealkylation sites (tertiary alicyclic amines) is 1. The Bertz CT molecular complexity index is 505. The first-order valence-corrected chi connectivity index (χ1v) is 12.0. The summed E-state index contributed by atoms with van der Waals surface area (Å²) in [6.07, 6.45) is 1.68. The van der Waals surface area contributed by atoms with Crippen molar-refractivity contribution < 1.29 is 19.1 Å². The third kappa shape index (κ3) is 5.56. The van der Waals surface area contributed by atoms with Crippen LogP contribution in [0.4, 0.5) is 4.79 Å². The fraction of sp³-hybridized carbons (Fsp3) is 0.842. The molecule has 1 N–H and O–H groups in total. The fourth-order valence-corrected chi connectivity index (χ4v) is 4.37. The van der Waals surface area contributed by atoms with Crippen molar-refractivity contribution in [3.63, 3.8) is 0 Å². The number of carbonyl (C=O) groups excluding carboxylic acids is 1. The van der Waals surface area contributed by atoms with Crippen molar-refractivity contribution in [1.29, 1.82) is 0 Å². The van der Waals surface area contributed by atoms with Crippen molar-refractivity contribution in [3.8, 4) is 0 Å². The molecule has 1 rings (SSSR count). The van der Waals surface area contributed by atoms with Crippen LogP contribution in [0, 0.1) is 0 Å². The van der Waals surface area contributed by atoms with E-state index in [9.17, 15) is 9.90 Å². The number of hydrogen-bond donors (Lipinski definition) is 1. The van der Waals surface area contributed by atoms with E-state index in [1.54, 1.807) is 4.90 Å². The van der Waals surface area contributed by atoms with E-state index in [1.807, 2.05) is 20.8 Å². The largest absolute Gasteiger partial charge is 0.444 e. The molecule has 146 valence electrons. The zero-order valence-corrected chi connectivity index (χ0v) is 18.4. The van der Waals surface area contributed by atoms with Crippen molar-refractivity contribution in [1.82, 2.24) is 4.90 Å². The van der Waals surface area contributed by atoms with E-state index in [-0.39, 0.29) is 17.7 Å². The molecule has 0 radical (unpaired) electrons. The molecule has 1 saturated heterocycles. The highest BCUT2D eigenvalue weighted by molar-refractivity contribution is 6.74. The lowest BCUT2D eigenvalue weighted by molar-refractivity contribution is -0.0742. The van der Waals surface area contributed by atoms with E-state index in [0.717, 1.165) is 12.8 Å². The zero-order valence-electron chi connectivity index (χ0n) is 17.4. The summed E-state index contributed by atoms with van der Waals surface area (Å²) < 4.78 is 12.4. The van der Waals surface area contributed by atoms with Gasteiger partial charge in [-0.25, -0.2) is 4.79 Å². The summed E-state index contributed by atoms with van der Waals surface area (Å²) in [5.41, 5.74) is -0.657. The van der Waals surface area contributed by atoms with Gasteiger partial charge in [0.2, 0.25) is 0 Å². The molecule has 0 bridgehead atoms. The highest BCUT2D eigenvalue weighted by atomic mass is 28.4. The molecule has 1 unspecified atom stereocenters. The molecule has 1 amide bonds. The summed E-state index contributed by atoms with van der Waals surface area (Å²) in [6.45, 7) is 20.9. The summed E-state index contributed by atoms with van der Waals surface area (Å²) in [5, 5.41) is 9.52. The Labute approximate surface area is 154 Å². The van der Waals surface area contributed by atoms with Crippen LogP contribution in [0.3, 0.4) is 0 Å². The first-order valence-electron chi connectivity index (χ1n) is 9.12. The highest BCUT2D eigenvalue weighted by Gasteiger charge is 2.52. The van der Waals surface area contributed by atoms with Gasteiger partial charge in [-0.1, -0.05) is 27.4 Å². The van der Waals surface area contributed by atoms with Crippen LogP contribution in [-0.4, -0.2) is 48.9 Å². The van der Waals surface area contributed by atoms with E-state index in [4.69, 9.17) is 9.16 Å². The molecule has 0 aliphatic carbocycles. The topological polar surface area (TPSA) is 59.0 Å². The zero-order chi connectivity index (χ0) is 19.7. The Kier molecular flexibility index (Phi) is 6.58. The monoisotopic (exact) mass is 371 g/mol. The molecule has 6 heteroatoms. The molecule has 5 nitrogen and oxygen atoms in total. The van der Waals surface area contributed by atoms with Gasteiger partial charge in [-0.2, -0.15) is 0 Å². The maximum absolute atomic E-state index is 12.8. The summed E-state index contributed by atoms with van der Waals surface area (Å²) in [6, 6.07) is 0. The Morgan fingerprint density at radius 3 is 2.24 bits per heavy atom. The fourth-order valence-electron chi connectivity index (χ4n) is 2.83. The van der Waals surface area contributed by atoms with E-state index >= 15 is 0 Å². The van der Waals surface area contributed by atoms with Crippen LogP contribution in [-0.2, 0) is 9.16 Å². The second kappa shape index (κ2) is 7.41. The second-order valence-electron chi connectivity index (χ2n) is 9.63. The van der Waals surface area contributed by atoms with Gasteiger partial charge in [-0.05, 0) is 57.3 Å². The number of aliphatic hydroxyl groups is 1. The number of ether oxygens (including phenoxy) is 1. The van der Waals surface area contributed by atoms with E-state index in [1.165, 1.54) is 0 Å². The van der Waals surface area contributed by atoms with Gasteiger partial charge in [-0.3, -0.25) is 4.90 Å². The Morgan fingerprint density at radius 2 is 1.80 bits per heavy atom. The molecule has 0 spiro atoms. The molecule has 0 aromatic heterocycles. The summed E-state index contributed by atoms with van der Waals surface area (Å²) in [5.74, 6) is 0. The Morgan fingerprint density at radius 1 is 1.24 bits per heavy atom. The second-order valence-corrected chi connectivity index (χ2v) is 14.4. The molecule has 1 fully saturated rings. The van der Waals surface area contributed by atoms with Crippen LogP contribution in [0.2, 0.25) is 18.1 Å². The van der Waals surface area contributed by atoms with E-state index in [0.29, 0.717) is 18.5 Å². The Balaban J connectivity index is 3.21. The van der Waals surface area contributed by atoms with Gasteiger partial charge in [0, 0.05) is 13.0 Å². The third-order valence-electron chi connectivity index (χ3n) is 5.06. The highest BCUT2D eigenvalue weighted by Crippen LogP contribution is 2.45. The van der Waals surface area contributed by atoms with Crippen molar-refractivity contribution in [3.05, 3.63) is 12.2 Å². The SMILES string of the molecule is C=C(CO)CC1(O[Si](C)(C)C(C)(C)C)CCCN1C(=O)OC(C)(C)C. The van der Waals surface area contributed by atoms with Crippen LogP contribution in [0.5, 0.6) is 0 Å². The van der Waals surface area contributed by atoms with Crippen molar-refractivity contribution in [2.75, 3.05) is 13.2 Å². The van der Waals surface area contributed by atoms with Gasteiger partial charge >= 0.3 is 6.09 Å². The molecule has 25 heavy (non-hydrogen) atoms. The maximum Gasteiger partial charge on any atom is 0.412 e. The number of hydrogen-bond acceptors (Lipinski definition) is 4. The molecular weight excluding hydrogens is 334 g/mol. The minimum Gasteiger partial charge on any atom is -0.444 e. The van der Waals surface area contributed by atoms with Crippen LogP contribution in [0.1, 0.15) is 60.8 Å². The van der Waals surface area contributed by atoms with Gasteiger partial charge in [0.25, 0.3) is 0 Å². The summed E-state index contributed by atoms with van der Waals surface area (Å²) in [4.78, 5) is 14.6. The lowest BCUT2D eigenvalue weighted by Crippen LogP contribution is -2.58. The number of carbonyl (C=O) groups is 1. The first-order chi connectivity index (χ1) is 11.1. The van der Waals surface area contributed by atoms with Gasteiger partial charge < -0.3 is 14.3 Å². The van der Waals surface area contributed by atoms with Crippen LogP contribution in [0.25, 0.3) is 0 Å². The van der Waals surface area contributed by atoms with Crippen LogP contribution in [0.15, 0.2) is 12.2 Å². The molecule has 1 heterocycles. The molecule has 0 aromatic carbocycles. The average Bonchev–Trinajstić information content (AvgIpc) is 2.77. The van der Waals surface area contributed by atoms with Gasteiger partial charge in [0.05, 0.1) is 6.61 Å². The molecule has 1 atom stereocenters. The van der Waals surface area contributed by atoms with E-state index in [2.05, 4.69) is 40.4 Å². The van der Waals surface area contributed by atoms with Gasteiger partial charge in [0.15, 0.2) is 8.32 Å². The predicted octanol–water partition coefficient (Wildman–Crippen LogP) is 4.67. The summed E-state index contributed by atoms with van der Waals surface area (Å²) in [7, 11) is -2.14. The van der Waals surface area contributed by atoms with Crippen LogP contribution >= 0.6 is 0 Å². The average molecular weight is 372 g/mol. The smallest absolute Gasteiger partial charge is 0.412 e. The number of amides is 1. The minimum absolute atomic E-state index is 0.0166. The third-order valence-corrected chi connectivity index (χ3v) is 9.56. The van der Waals surface area contributed by atoms with Crippen LogP contribution < -0.4 is 0 Å². The standard InChI is InChI=1S/C19H37NO4Si/c1-15(14-21)13-19(24-25(8,9)18(5,6)7)11-10-12-20(19)16(22)23-17(2,3)4/h21H,1,10-14H2,2-9H3. The van der Waals surface area contributed by atoms with Gasteiger partial charge in [0.1, 0.15) is 11.3 Å². The molecule has 0 aromatic rings. The van der Waals surface area contributed by atoms with Crippen molar-refractivity contribution >= 4 is 14.4 Å². The molecular formula is C19H37NO4Si. The maximum atomic E-state index is 12.8. The van der Waals surface area contributed by atoms with Crippen molar-refractivity contribution in [2.45, 2.75) is 90.3 Å². The normalized spacial score (nSPS) is 22.2. The van der Waals surface area contributed by atoms with Crippen molar-refractivity contribution in [2.24, 2.45) is 0 Å². The molecule has 0 saturated carbocycles. The first kappa shape index (κ1) is 22.2. The number of rotatable bonds is 5. The lowest BCUT2D eigenvalue weighted by Gasteiger charge is -2.48. The summed E-state index contributed by atoms with van der Waals surface area (Å²) >= 11 is 0. The lowest BCUT2D eigenvalue weighted by atomic mass is 10.0. The number of aliphatic hydroxyl groups excluding tert-OH is 1. The minimum atomic E-state index is -2.14. The quantitative estimate of drug-likeness (QED) is 0.563. The predicted molar refractivity (Wildman–Crippen MR) is 104 cm³/mol. The number of nitrogens with zero attached hydrogens (tertiary/aromatic N) is 1. The molecule has 1 aliphatic rings. The Hall–Kier alpha value is -0.853. The molecule has 1 aliphatic heterocycles. The van der Waals surface area contributed by atoms with Gasteiger partial charge in [-0.15, -0.1) is 0 Å². The van der Waals surface area contributed by atoms with E-state index < -0.39 is 19.6 Å².